The Morgan fingerprint density at radius 2 is 2.10 bits per heavy atom. The van der Waals surface area contributed by atoms with Gasteiger partial charge in [-0.1, -0.05) is 17.7 Å². The molecule has 0 N–H and O–H groups in total. The molecule has 2 aromatic rings. The lowest BCUT2D eigenvalue weighted by Crippen LogP contribution is -2.15. The maximum absolute atomic E-state index is 13.1. The third kappa shape index (κ3) is 2.66. The monoisotopic (exact) mass is 303 g/mol. The highest BCUT2D eigenvalue weighted by atomic mass is 35.5. The Balaban J connectivity index is 2.66. The minimum Gasteiger partial charge on any atom is -0.375 e. The van der Waals surface area contributed by atoms with Gasteiger partial charge in [0.15, 0.2) is 0 Å². The zero-order valence-electron chi connectivity index (χ0n) is 10.7. The average molecular weight is 304 g/mol. The zero-order valence-corrected chi connectivity index (χ0v) is 11.5. The molecule has 1 aromatic heterocycles. The Morgan fingerprint density at radius 1 is 1.40 bits per heavy atom. The molecule has 0 amide bonds. The van der Waals surface area contributed by atoms with Crippen molar-refractivity contribution >= 4 is 11.6 Å². The van der Waals surface area contributed by atoms with Crippen LogP contribution in [-0.4, -0.2) is 16.9 Å². The number of methoxy groups -OCH3 is 1. The number of hydrogen-bond donors (Lipinski definition) is 0. The van der Waals surface area contributed by atoms with Gasteiger partial charge in [-0.15, -0.1) is 0 Å². The molecule has 20 heavy (non-hydrogen) atoms. The Bertz CT molecular complexity index is 610. The fourth-order valence-electron chi connectivity index (χ4n) is 1.84. The lowest BCUT2D eigenvalue weighted by atomic mass is 10.1. The van der Waals surface area contributed by atoms with Gasteiger partial charge in [0, 0.05) is 13.2 Å². The second kappa shape index (κ2) is 5.46. The first-order chi connectivity index (χ1) is 9.36. The van der Waals surface area contributed by atoms with E-state index in [1.165, 1.54) is 31.5 Å². The van der Waals surface area contributed by atoms with Crippen LogP contribution in [0.4, 0.5) is 13.2 Å². The highest BCUT2D eigenvalue weighted by Gasteiger charge is 2.37. The van der Waals surface area contributed by atoms with Gasteiger partial charge in [0.25, 0.3) is 0 Å². The van der Waals surface area contributed by atoms with Crippen LogP contribution in [0, 0.1) is 6.07 Å². The molecule has 1 heterocycles. The first kappa shape index (κ1) is 14.9. The van der Waals surface area contributed by atoms with E-state index in [9.17, 15) is 13.2 Å². The Hall–Kier alpha value is -1.53. The summed E-state index contributed by atoms with van der Waals surface area (Å²) in [6.07, 6.45) is -3.73. The van der Waals surface area contributed by atoms with Gasteiger partial charge in [0.2, 0.25) is 0 Å². The van der Waals surface area contributed by atoms with E-state index < -0.39 is 17.8 Å². The van der Waals surface area contributed by atoms with Crippen molar-refractivity contribution in [2.75, 3.05) is 7.11 Å². The minimum absolute atomic E-state index is 0.148. The van der Waals surface area contributed by atoms with Gasteiger partial charge in [0.1, 0.15) is 0 Å². The van der Waals surface area contributed by atoms with E-state index in [4.69, 9.17) is 16.3 Å². The zero-order chi connectivity index (χ0) is 14.9. The molecule has 1 unspecified atom stereocenters. The molecule has 7 heteroatoms. The Kier molecular flexibility index (Phi) is 4.06. The van der Waals surface area contributed by atoms with Crippen molar-refractivity contribution in [2.45, 2.75) is 19.2 Å². The van der Waals surface area contributed by atoms with Crippen molar-refractivity contribution in [2.24, 2.45) is 0 Å². The molecule has 0 aliphatic heterocycles. The van der Waals surface area contributed by atoms with E-state index >= 15 is 0 Å². The van der Waals surface area contributed by atoms with Crippen LogP contribution in [0.1, 0.15) is 24.3 Å². The van der Waals surface area contributed by atoms with E-state index in [2.05, 4.69) is 11.2 Å². The number of ether oxygens (including phenoxy) is 1. The van der Waals surface area contributed by atoms with Crippen LogP contribution < -0.4 is 0 Å². The number of benzene rings is 1. The fraction of sp³-hybridized carbons (Fsp3) is 0.308. The van der Waals surface area contributed by atoms with Gasteiger partial charge in [-0.05, 0) is 19.1 Å². The third-order valence-corrected chi connectivity index (χ3v) is 3.17. The second-order valence-corrected chi connectivity index (χ2v) is 4.50. The number of rotatable bonds is 3. The van der Waals surface area contributed by atoms with Crippen LogP contribution >= 0.6 is 11.6 Å². The summed E-state index contributed by atoms with van der Waals surface area (Å²) in [5.41, 5.74) is -0.686. The van der Waals surface area contributed by atoms with Crippen molar-refractivity contribution in [1.29, 1.82) is 0 Å². The van der Waals surface area contributed by atoms with Crippen molar-refractivity contribution in [3.05, 3.63) is 46.7 Å². The molecule has 0 bridgehead atoms. The van der Waals surface area contributed by atoms with Gasteiger partial charge in [0.05, 0.1) is 34.3 Å². The van der Waals surface area contributed by atoms with Crippen molar-refractivity contribution in [1.82, 2.24) is 9.78 Å². The predicted molar refractivity (Wildman–Crippen MR) is 67.8 cm³/mol. The maximum Gasteiger partial charge on any atom is 0.419 e. The van der Waals surface area contributed by atoms with E-state index in [-0.39, 0.29) is 10.7 Å². The number of hydrogen-bond acceptors (Lipinski definition) is 2. The molecule has 1 radical (unpaired) electrons. The largest absolute Gasteiger partial charge is 0.419 e. The SMILES string of the molecule is COC(C)c1[c]cnn1-c1cccc(Cl)c1C(F)(F)F. The summed E-state index contributed by atoms with van der Waals surface area (Å²) in [6.45, 7) is 1.70. The van der Waals surface area contributed by atoms with Crippen molar-refractivity contribution in [3.63, 3.8) is 0 Å². The lowest BCUT2D eigenvalue weighted by molar-refractivity contribution is -0.137. The predicted octanol–water partition coefficient (Wildman–Crippen LogP) is 4.05. The molecule has 0 spiro atoms. The molecule has 2 rings (SSSR count). The van der Waals surface area contributed by atoms with Gasteiger partial charge in [-0.3, -0.25) is 0 Å². The quantitative estimate of drug-likeness (QED) is 0.855. The maximum atomic E-state index is 13.1. The van der Waals surface area contributed by atoms with Crippen LogP contribution in [-0.2, 0) is 10.9 Å². The molecular weight excluding hydrogens is 293 g/mol. The molecule has 3 nitrogen and oxygen atoms in total. The smallest absolute Gasteiger partial charge is 0.375 e. The highest BCUT2D eigenvalue weighted by molar-refractivity contribution is 6.31. The molecule has 0 aliphatic carbocycles. The van der Waals surface area contributed by atoms with Crippen LogP contribution in [0.3, 0.4) is 0 Å². The number of halogens is 4. The summed E-state index contributed by atoms with van der Waals surface area (Å²) in [4.78, 5) is 0. The molecule has 1 atom stereocenters. The topological polar surface area (TPSA) is 27.1 Å². The van der Waals surface area contributed by atoms with Gasteiger partial charge in [-0.2, -0.15) is 18.3 Å². The van der Waals surface area contributed by atoms with Gasteiger partial charge >= 0.3 is 6.18 Å². The molecule has 0 saturated carbocycles. The number of nitrogens with zero attached hydrogens (tertiary/aromatic N) is 2. The summed E-state index contributed by atoms with van der Waals surface area (Å²) >= 11 is 5.69. The standard InChI is InChI=1S/C13H11ClF3N2O/c1-8(20-2)10-6-7-18-19(10)11-5-3-4-9(14)12(11)13(15,16)17/h3-5,7-8H,1-2H3. The van der Waals surface area contributed by atoms with Crippen LogP contribution in [0.5, 0.6) is 0 Å². The third-order valence-electron chi connectivity index (χ3n) is 2.86. The lowest BCUT2D eigenvalue weighted by Gasteiger charge is -2.18. The van der Waals surface area contributed by atoms with E-state index in [0.717, 1.165) is 4.68 Å². The number of alkyl halides is 3. The average Bonchev–Trinajstić information content (AvgIpc) is 2.85. The molecule has 0 fully saturated rings. The molecule has 107 valence electrons. The number of aromatic nitrogens is 2. The molecular formula is C13H11ClF3N2O. The minimum atomic E-state index is -4.58. The fourth-order valence-corrected chi connectivity index (χ4v) is 2.12. The first-order valence-electron chi connectivity index (χ1n) is 5.70. The Morgan fingerprint density at radius 3 is 2.70 bits per heavy atom. The summed E-state index contributed by atoms with van der Waals surface area (Å²) in [7, 11) is 1.46. The van der Waals surface area contributed by atoms with Gasteiger partial charge in [-0.25, -0.2) is 4.68 Å². The molecule has 1 aromatic carbocycles. The van der Waals surface area contributed by atoms with Gasteiger partial charge < -0.3 is 4.74 Å². The van der Waals surface area contributed by atoms with Crippen molar-refractivity contribution < 1.29 is 17.9 Å². The van der Waals surface area contributed by atoms with E-state index in [0.29, 0.717) is 5.69 Å². The summed E-state index contributed by atoms with van der Waals surface area (Å²) < 4.78 is 45.7. The molecule has 0 saturated heterocycles. The normalized spacial score (nSPS) is 13.5. The first-order valence-corrected chi connectivity index (χ1v) is 6.08. The van der Waals surface area contributed by atoms with Crippen LogP contribution in [0.25, 0.3) is 5.69 Å². The van der Waals surface area contributed by atoms with Crippen LogP contribution in [0.2, 0.25) is 5.02 Å². The summed E-state index contributed by atoms with van der Waals surface area (Å²) in [6, 6.07) is 6.71. The highest BCUT2D eigenvalue weighted by Crippen LogP contribution is 2.39. The summed E-state index contributed by atoms with van der Waals surface area (Å²) in [5.74, 6) is 0. The van der Waals surface area contributed by atoms with Crippen LogP contribution in [0.15, 0.2) is 24.4 Å². The molecule has 0 aliphatic rings. The van der Waals surface area contributed by atoms with E-state index in [1.54, 1.807) is 6.92 Å². The summed E-state index contributed by atoms with van der Waals surface area (Å²) in [5, 5.41) is 3.52. The van der Waals surface area contributed by atoms with E-state index in [1.807, 2.05) is 0 Å². The Labute approximate surface area is 118 Å². The van der Waals surface area contributed by atoms with Crippen molar-refractivity contribution in [3.8, 4) is 5.69 Å². The second-order valence-electron chi connectivity index (χ2n) is 4.10.